The smallest absolute Gasteiger partial charge is 0.317 e. The second-order valence-electron chi connectivity index (χ2n) is 2.47. The van der Waals surface area contributed by atoms with E-state index in [2.05, 4.69) is 16.6 Å². The molecule has 0 unspecified atom stereocenters. The Morgan fingerprint density at radius 2 is 2.07 bits per heavy atom. The average molecular weight is 219 g/mol. The minimum absolute atomic E-state index is 0.0133. The number of methoxy groups -OCH3 is 1. The zero-order chi connectivity index (χ0) is 11.0. The number of esters is 1. The molecule has 0 fully saturated rings. The number of hydrogen-bond donors (Lipinski definition) is 0. The first kappa shape index (κ1) is 12.9. The van der Waals surface area contributed by atoms with Gasteiger partial charge in [0.1, 0.15) is 6.42 Å². The van der Waals surface area contributed by atoms with E-state index in [1.165, 1.54) is 7.11 Å². The van der Waals surface area contributed by atoms with Crippen molar-refractivity contribution in [3.8, 4) is 11.8 Å². The third-order valence-electron chi connectivity index (χ3n) is 1.28. The van der Waals surface area contributed by atoms with Crippen LogP contribution in [0.2, 0.25) is 0 Å². The number of carbonyl (C=O) groups excluding carboxylic acids is 1. The second-order valence-corrected chi connectivity index (χ2v) is 4.00. The Labute approximate surface area is 83.2 Å². The lowest BCUT2D eigenvalue weighted by molar-refractivity contribution is -0.139. The molecule has 0 spiro atoms. The van der Waals surface area contributed by atoms with Crippen molar-refractivity contribution in [2.75, 3.05) is 12.9 Å². The van der Waals surface area contributed by atoms with Gasteiger partial charge < -0.3 is 9.29 Å². The topological polar surface area (TPSA) is 83.5 Å². The quantitative estimate of drug-likeness (QED) is 0.285. The largest absolute Gasteiger partial charge is 0.748 e. The maximum atomic E-state index is 10.5. The summed E-state index contributed by atoms with van der Waals surface area (Å²) < 4.78 is 34.7. The fourth-order valence-corrected chi connectivity index (χ4v) is 1.13. The Morgan fingerprint density at radius 1 is 1.43 bits per heavy atom. The highest BCUT2D eigenvalue weighted by atomic mass is 32.2. The predicted molar refractivity (Wildman–Crippen MR) is 48.2 cm³/mol. The van der Waals surface area contributed by atoms with Gasteiger partial charge in [-0.25, -0.2) is 8.42 Å². The molecule has 6 heteroatoms. The SMILES string of the molecule is COC(=O)CC#CCCCS(=O)(=O)[O-]. The number of carbonyl (C=O) groups is 1. The van der Waals surface area contributed by atoms with Crippen molar-refractivity contribution in [1.82, 2.24) is 0 Å². The van der Waals surface area contributed by atoms with Crippen LogP contribution in [-0.2, 0) is 19.6 Å². The molecule has 0 aliphatic heterocycles. The van der Waals surface area contributed by atoms with Crippen LogP contribution in [0.3, 0.4) is 0 Å². The Hall–Kier alpha value is -1.06. The van der Waals surface area contributed by atoms with Gasteiger partial charge in [0.15, 0.2) is 0 Å². The number of rotatable bonds is 4. The van der Waals surface area contributed by atoms with Gasteiger partial charge in [-0.05, 0) is 6.42 Å². The van der Waals surface area contributed by atoms with Gasteiger partial charge in [0.2, 0.25) is 0 Å². The first-order valence-corrected chi connectivity index (χ1v) is 5.49. The van der Waals surface area contributed by atoms with E-state index in [1.54, 1.807) is 0 Å². The van der Waals surface area contributed by atoms with E-state index < -0.39 is 21.8 Å². The van der Waals surface area contributed by atoms with Crippen LogP contribution in [0.25, 0.3) is 0 Å². The van der Waals surface area contributed by atoms with Gasteiger partial charge in [-0.15, -0.1) is 5.92 Å². The molecule has 0 aliphatic carbocycles. The molecule has 0 saturated carbocycles. The molecular weight excluding hydrogens is 208 g/mol. The van der Waals surface area contributed by atoms with E-state index in [0.29, 0.717) is 6.42 Å². The van der Waals surface area contributed by atoms with E-state index >= 15 is 0 Å². The molecule has 0 heterocycles. The molecule has 5 nitrogen and oxygen atoms in total. The standard InChI is InChI=1S/C8H12O5S/c1-13-8(9)6-4-2-3-5-7-14(10,11)12/h3,5-7H2,1H3,(H,10,11,12)/p-1. The summed E-state index contributed by atoms with van der Waals surface area (Å²) in [5.74, 6) is 4.22. The Bertz CT molecular complexity index is 332. The molecule has 0 rings (SSSR count). The summed E-state index contributed by atoms with van der Waals surface area (Å²) in [4.78, 5) is 10.5. The van der Waals surface area contributed by atoms with Crippen molar-refractivity contribution < 1.29 is 22.5 Å². The number of unbranched alkanes of at least 4 members (excludes halogenated alkanes) is 1. The molecule has 0 bridgehead atoms. The average Bonchev–Trinajstić information content (AvgIpc) is 2.08. The highest BCUT2D eigenvalue weighted by molar-refractivity contribution is 7.85. The van der Waals surface area contributed by atoms with Crippen molar-refractivity contribution in [3.05, 3.63) is 0 Å². The molecule has 0 atom stereocenters. The molecule has 0 aromatic heterocycles. The molecule has 0 aliphatic rings. The van der Waals surface area contributed by atoms with Crippen molar-refractivity contribution in [3.63, 3.8) is 0 Å². The lowest BCUT2D eigenvalue weighted by Gasteiger charge is -2.02. The summed E-state index contributed by atoms with van der Waals surface area (Å²) in [5, 5.41) is 0. The van der Waals surface area contributed by atoms with E-state index in [0.717, 1.165) is 0 Å². The molecule has 0 aromatic rings. The van der Waals surface area contributed by atoms with Crippen LogP contribution in [0.1, 0.15) is 19.3 Å². The molecule has 0 N–H and O–H groups in total. The maximum absolute atomic E-state index is 10.5. The molecular formula is C8H11O5S-. The maximum Gasteiger partial charge on any atom is 0.317 e. The van der Waals surface area contributed by atoms with Crippen LogP contribution in [0.15, 0.2) is 0 Å². The number of hydrogen-bond acceptors (Lipinski definition) is 5. The third kappa shape index (κ3) is 9.03. The van der Waals surface area contributed by atoms with Crippen LogP contribution in [0, 0.1) is 11.8 Å². The van der Waals surface area contributed by atoms with E-state index in [-0.39, 0.29) is 12.8 Å². The Morgan fingerprint density at radius 3 is 2.57 bits per heavy atom. The minimum atomic E-state index is -4.14. The van der Waals surface area contributed by atoms with E-state index in [4.69, 9.17) is 0 Å². The molecule has 0 aromatic carbocycles. The summed E-state index contributed by atoms with van der Waals surface area (Å²) >= 11 is 0. The fourth-order valence-electron chi connectivity index (χ4n) is 0.633. The molecule has 0 amide bonds. The van der Waals surface area contributed by atoms with Crippen LogP contribution in [0.5, 0.6) is 0 Å². The summed E-state index contributed by atoms with van der Waals surface area (Å²) in [6.07, 6.45) is 0.471. The lowest BCUT2D eigenvalue weighted by atomic mass is 10.3. The van der Waals surface area contributed by atoms with Crippen LogP contribution >= 0.6 is 0 Å². The predicted octanol–water partition coefficient (Wildman–Crippen LogP) is -0.122. The third-order valence-corrected chi connectivity index (χ3v) is 2.07. The second kappa shape index (κ2) is 6.40. The normalized spacial score (nSPS) is 10.1. The van der Waals surface area contributed by atoms with Crippen LogP contribution in [-0.4, -0.2) is 31.8 Å². The summed E-state index contributed by atoms with van der Waals surface area (Å²) in [5.41, 5.74) is 0. The van der Waals surface area contributed by atoms with Crippen molar-refractivity contribution in [2.45, 2.75) is 19.3 Å². The Balaban J connectivity index is 3.59. The summed E-state index contributed by atoms with van der Waals surface area (Å²) in [7, 11) is -2.88. The summed E-state index contributed by atoms with van der Waals surface area (Å²) in [6, 6.07) is 0. The van der Waals surface area contributed by atoms with Crippen molar-refractivity contribution >= 4 is 16.1 Å². The van der Waals surface area contributed by atoms with Gasteiger partial charge in [0.05, 0.1) is 17.2 Å². The first-order chi connectivity index (χ1) is 6.45. The van der Waals surface area contributed by atoms with Gasteiger partial charge in [0, 0.05) is 12.2 Å². The molecule has 14 heavy (non-hydrogen) atoms. The van der Waals surface area contributed by atoms with E-state index in [9.17, 15) is 17.8 Å². The molecule has 80 valence electrons. The molecule has 0 radical (unpaired) electrons. The van der Waals surface area contributed by atoms with E-state index in [1.807, 2.05) is 0 Å². The van der Waals surface area contributed by atoms with Crippen molar-refractivity contribution in [1.29, 1.82) is 0 Å². The first-order valence-electron chi connectivity index (χ1n) is 3.92. The van der Waals surface area contributed by atoms with Crippen LogP contribution in [0.4, 0.5) is 0 Å². The van der Waals surface area contributed by atoms with Gasteiger partial charge in [-0.2, -0.15) is 0 Å². The zero-order valence-electron chi connectivity index (χ0n) is 7.78. The van der Waals surface area contributed by atoms with Crippen molar-refractivity contribution in [2.24, 2.45) is 0 Å². The summed E-state index contributed by atoms with van der Waals surface area (Å²) in [6.45, 7) is 0. The number of ether oxygens (including phenoxy) is 1. The highest BCUT2D eigenvalue weighted by Gasteiger charge is 1.94. The van der Waals surface area contributed by atoms with Gasteiger partial charge in [-0.1, -0.05) is 5.92 Å². The van der Waals surface area contributed by atoms with Gasteiger partial charge in [-0.3, -0.25) is 4.79 Å². The zero-order valence-corrected chi connectivity index (χ0v) is 8.59. The Kier molecular flexibility index (Phi) is 5.92. The van der Waals surface area contributed by atoms with Crippen LogP contribution < -0.4 is 0 Å². The highest BCUT2D eigenvalue weighted by Crippen LogP contribution is 1.92. The van der Waals surface area contributed by atoms with Gasteiger partial charge in [0.25, 0.3) is 0 Å². The van der Waals surface area contributed by atoms with Gasteiger partial charge >= 0.3 is 5.97 Å². The monoisotopic (exact) mass is 219 g/mol. The fraction of sp³-hybridized carbons (Fsp3) is 0.625. The minimum Gasteiger partial charge on any atom is -0.748 e. The molecule has 0 saturated heterocycles. The lowest BCUT2D eigenvalue weighted by Crippen LogP contribution is -2.03.